The van der Waals surface area contributed by atoms with Gasteiger partial charge in [-0.15, -0.1) is 10.2 Å². The summed E-state index contributed by atoms with van der Waals surface area (Å²) in [4.78, 5) is 0. The molecule has 2 aromatic carbocycles. The van der Waals surface area contributed by atoms with Crippen LogP contribution in [0.5, 0.6) is 0 Å². The van der Waals surface area contributed by atoms with Gasteiger partial charge in [0.15, 0.2) is 5.82 Å². The van der Waals surface area contributed by atoms with Gasteiger partial charge in [-0.2, -0.15) is 0 Å². The molecule has 0 amide bonds. The van der Waals surface area contributed by atoms with Gasteiger partial charge in [-0.1, -0.05) is 65.8 Å². The minimum absolute atomic E-state index is 0.657. The summed E-state index contributed by atoms with van der Waals surface area (Å²) in [5.74, 6) is 7.47. The van der Waals surface area contributed by atoms with Crippen LogP contribution in [0.15, 0.2) is 59.8 Å². The summed E-state index contributed by atoms with van der Waals surface area (Å²) >= 11 is 7.50. The van der Waals surface area contributed by atoms with E-state index in [1.54, 1.807) is 0 Å². The topological polar surface area (TPSA) is 56.7 Å². The van der Waals surface area contributed by atoms with Crippen LogP contribution in [0.3, 0.4) is 0 Å². The standard InChI is InChI=1S/C15H13ClN4S/c16-13-8-4-5-11(9-13)10-21-15-19-18-14(20(15)17)12-6-2-1-3-7-12/h1-9H,10,17H2. The second-order valence-corrected chi connectivity index (χ2v) is 5.84. The van der Waals surface area contributed by atoms with E-state index in [4.69, 9.17) is 17.4 Å². The van der Waals surface area contributed by atoms with E-state index in [1.165, 1.54) is 16.4 Å². The second-order valence-electron chi connectivity index (χ2n) is 4.46. The van der Waals surface area contributed by atoms with Crippen LogP contribution in [0.25, 0.3) is 11.4 Å². The Balaban J connectivity index is 1.77. The van der Waals surface area contributed by atoms with Crippen LogP contribution in [0.2, 0.25) is 5.02 Å². The Kier molecular flexibility index (Phi) is 4.13. The Bertz CT molecular complexity index is 742. The number of hydrogen-bond acceptors (Lipinski definition) is 4. The zero-order valence-corrected chi connectivity index (χ0v) is 12.7. The molecule has 21 heavy (non-hydrogen) atoms. The SMILES string of the molecule is Nn1c(SCc2cccc(Cl)c2)nnc1-c1ccccc1. The Labute approximate surface area is 131 Å². The maximum atomic E-state index is 6.07. The minimum Gasteiger partial charge on any atom is -0.335 e. The Morgan fingerprint density at radius 3 is 2.62 bits per heavy atom. The second kappa shape index (κ2) is 6.20. The smallest absolute Gasteiger partial charge is 0.210 e. The molecule has 0 fully saturated rings. The highest BCUT2D eigenvalue weighted by Gasteiger charge is 2.11. The molecule has 0 saturated heterocycles. The third-order valence-corrected chi connectivity index (χ3v) is 4.20. The van der Waals surface area contributed by atoms with Gasteiger partial charge >= 0.3 is 0 Å². The number of nitrogens with two attached hydrogens (primary N) is 1. The first kappa shape index (κ1) is 14.0. The summed E-state index contributed by atoms with van der Waals surface area (Å²) in [6.07, 6.45) is 0. The Morgan fingerprint density at radius 1 is 1.05 bits per heavy atom. The van der Waals surface area contributed by atoms with Crippen molar-refractivity contribution in [3.63, 3.8) is 0 Å². The van der Waals surface area contributed by atoms with Crippen LogP contribution in [-0.2, 0) is 5.75 Å². The third kappa shape index (κ3) is 3.20. The summed E-state index contributed by atoms with van der Waals surface area (Å²) in [6, 6.07) is 17.5. The largest absolute Gasteiger partial charge is 0.335 e. The molecule has 0 bridgehead atoms. The van der Waals surface area contributed by atoms with Gasteiger partial charge in [-0.3, -0.25) is 0 Å². The summed E-state index contributed by atoms with van der Waals surface area (Å²) in [5, 5.41) is 9.71. The number of hydrogen-bond donors (Lipinski definition) is 1. The highest BCUT2D eigenvalue weighted by molar-refractivity contribution is 7.98. The highest BCUT2D eigenvalue weighted by Crippen LogP contribution is 2.25. The number of thioether (sulfide) groups is 1. The van der Waals surface area contributed by atoms with Gasteiger partial charge in [0.25, 0.3) is 0 Å². The van der Waals surface area contributed by atoms with Crippen molar-refractivity contribution >= 4 is 23.4 Å². The molecule has 0 atom stereocenters. The van der Waals surface area contributed by atoms with Gasteiger partial charge in [-0.25, -0.2) is 4.68 Å². The van der Waals surface area contributed by atoms with Gasteiger partial charge in [0.2, 0.25) is 5.16 Å². The van der Waals surface area contributed by atoms with Gasteiger partial charge in [-0.05, 0) is 17.7 Å². The summed E-state index contributed by atoms with van der Waals surface area (Å²) in [7, 11) is 0. The van der Waals surface area contributed by atoms with Crippen LogP contribution in [0.1, 0.15) is 5.56 Å². The van der Waals surface area contributed by atoms with Crippen molar-refractivity contribution in [1.29, 1.82) is 0 Å². The van der Waals surface area contributed by atoms with Crippen molar-refractivity contribution in [3.8, 4) is 11.4 Å². The minimum atomic E-state index is 0.657. The molecule has 106 valence electrons. The number of nitrogen functional groups attached to an aromatic ring is 1. The first-order valence-corrected chi connectivity index (χ1v) is 7.73. The molecule has 0 aliphatic rings. The van der Waals surface area contributed by atoms with Gasteiger partial charge in [0, 0.05) is 16.3 Å². The van der Waals surface area contributed by atoms with Gasteiger partial charge in [0.05, 0.1) is 0 Å². The first-order valence-electron chi connectivity index (χ1n) is 6.37. The molecule has 0 unspecified atom stereocenters. The van der Waals surface area contributed by atoms with Crippen LogP contribution < -0.4 is 5.84 Å². The molecule has 0 spiro atoms. The van der Waals surface area contributed by atoms with E-state index in [1.807, 2.05) is 54.6 Å². The van der Waals surface area contributed by atoms with E-state index < -0.39 is 0 Å². The zero-order chi connectivity index (χ0) is 14.7. The number of rotatable bonds is 4. The third-order valence-electron chi connectivity index (χ3n) is 2.95. The highest BCUT2D eigenvalue weighted by atomic mass is 35.5. The van der Waals surface area contributed by atoms with E-state index >= 15 is 0 Å². The molecular formula is C15H13ClN4S. The van der Waals surface area contributed by atoms with E-state index in [2.05, 4.69) is 10.2 Å². The average Bonchev–Trinajstić information content (AvgIpc) is 2.87. The molecule has 1 heterocycles. The predicted molar refractivity (Wildman–Crippen MR) is 86.6 cm³/mol. The molecule has 0 saturated carbocycles. The molecule has 4 nitrogen and oxygen atoms in total. The molecule has 0 radical (unpaired) electrons. The van der Waals surface area contributed by atoms with Crippen molar-refractivity contribution in [1.82, 2.24) is 14.9 Å². The first-order chi connectivity index (χ1) is 10.2. The van der Waals surface area contributed by atoms with Gasteiger partial charge < -0.3 is 5.84 Å². The quantitative estimate of drug-likeness (QED) is 0.590. The molecule has 3 aromatic rings. The summed E-state index contributed by atoms with van der Waals surface area (Å²) in [6.45, 7) is 0. The summed E-state index contributed by atoms with van der Waals surface area (Å²) in [5.41, 5.74) is 2.07. The lowest BCUT2D eigenvalue weighted by Crippen LogP contribution is -2.11. The van der Waals surface area contributed by atoms with Crippen molar-refractivity contribution in [2.75, 3.05) is 5.84 Å². The molecule has 0 aliphatic carbocycles. The molecule has 0 aliphatic heterocycles. The number of benzene rings is 2. The normalized spacial score (nSPS) is 10.7. The van der Waals surface area contributed by atoms with E-state index in [0.29, 0.717) is 11.0 Å². The van der Waals surface area contributed by atoms with Crippen molar-refractivity contribution in [2.24, 2.45) is 0 Å². The predicted octanol–water partition coefficient (Wildman–Crippen LogP) is 3.60. The van der Waals surface area contributed by atoms with E-state index in [-0.39, 0.29) is 0 Å². The fourth-order valence-corrected chi connectivity index (χ4v) is 2.95. The maximum Gasteiger partial charge on any atom is 0.210 e. The maximum absolute atomic E-state index is 6.07. The fourth-order valence-electron chi connectivity index (χ4n) is 1.93. The molecular weight excluding hydrogens is 304 g/mol. The van der Waals surface area contributed by atoms with E-state index in [0.717, 1.165) is 21.9 Å². The summed E-state index contributed by atoms with van der Waals surface area (Å²) < 4.78 is 1.52. The lowest BCUT2D eigenvalue weighted by atomic mass is 10.2. The van der Waals surface area contributed by atoms with E-state index in [9.17, 15) is 0 Å². The zero-order valence-electron chi connectivity index (χ0n) is 11.1. The molecule has 2 N–H and O–H groups in total. The van der Waals surface area contributed by atoms with Gasteiger partial charge in [0.1, 0.15) is 0 Å². The molecule has 3 rings (SSSR count). The Morgan fingerprint density at radius 2 is 1.86 bits per heavy atom. The number of aromatic nitrogens is 3. The molecule has 6 heteroatoms. The van der Waals surface area contributed by atoms with Crippen LogP contribution in [0, 0.1) is 0 Å². The van der Waals surface area contributed by atoms with Crippen LogP contribution in [0.4, 0.5) is 0 Å². The van der Waals surface area contributed by atoms with Crippen molar-refractivity contribution < 1.29 is 0 Å². The lowest BCUT2D eigenvalue weighted by molar-refractivity contribution is 0.849. The van der Waals surface area contributed by atoms with Crippen molar-refractivity contribution in [3.05, 3.63) is 65.2 Å². The Hall–Kier alpha value is -1.98. The average molecular weight is 317 g/mol. The number of halogens is 1. The monoisotopic (exact) mass is 316 g/mol. The fraction of sp³-hybridized carbons (Fsp3) is 0.0667. The van der Waals surface area contributed by atoms with Crippen molar-refractivity contribution in [2.45, 2.75) is 10.9 Å². The van der Waals surface area contributed by atoms with Crippen LogP contribution in [-0.4, -0.2) is 14.9 Å². The number of nitrogens with zero attached hydrogens (tertiary/aromatic N) is 3. The van der Waals surface area contributed by atoms with Crippen LogP contribution >= 0.6 is 23.4 Å². The lowest BCUT2D eigenvalue weighted by Gasteiger charge is -2.04. The molecule has 1 aromatic heterocycles.